The standard InChI is InChI=1S/C13H20N4O/c1-16-8-9(7-15-16)13-11(14)3-2-4-12(18)17(13)10-5-6-10/h7-8,10-11,13H,2-6,14H2,1H3. The van der Waals surface area contributed by atoms with Crippen LogP contribution in [0.3, 0.4) is 0 Å². The maximum atomic E-state index is 12.3. The van der Waals surface area contributed by atoms with Gasteiger partial charge in [0, 0.05) is 37.3 Å². The zero-order valence-electron chi connectivity index (χ0n) is 10.7. The molecule has 2 aliphatic rings. The summed E-state index contributed by atoms with van der Waals surface area (Å²) in [6, 6.07) is 0.453. The monoisotopic (exact) mass is 248 g/mol. The molecule has 1 aromatic heterocycles. The van der Waals surface area contributed by atoms with Gasteiger partial charge < -0.3 is 10.6 Å². The van der Waals surface area contributed by atoms with Gasteiger partial charge in [-0.05, 0) is 25.7 Å². The second-order valence-corrected chi connectivity index (χ2v) is 5.48. The number of rotatable bonds is 2. The smallest absolute Gasteiger partial charge is 0.223 e. The summed E-state index contributed by atoms with van der Waals surface area (Å²) >= 11 is 0. The first-order valence-corrected chi connectivity index (χ1v) is 6.72. The van der Waals surface area contributed by atoms with Crippen molar-refractivity contribution in [3.8, 4) is 0 Å². The fourth-order valence-corrected chi connectivity index (χ4v) is 2.92. The molecular formula is C13H20N4O. The van der Waals surface area contributed by atoms with E-state index in [1.807, 2.05) is 24.3 Å². The highest BCUT2D eigenvalue weighted by atomic mass is 16.2. The predicted octanol–water partition coefficient (Wildman–Crippen LogP) is 0.963. The Morgan fingerprint density at radius 1 is 1.39 bits per heavy atom. The number of amides is 1. The fraction of sp³-hybridized carbons (Fsp3) is 0.692. The third-order valence-electron chi connectivity index (χ3n) is 3.93. The van der Waals surface area contributed by atoms with Crippen LogP contribution in [0.4, 0.5) is 0 Å². The summed E-state index contributed by atoms with van der Waals surface area (Å²) in [5.74, 6) is 0.263. The number of carbonyl (C=O) groups is 1. The first-order chi connectivity index (χ1) is 8.66. The van der Waals surface area contributed by atoms with Crippen molar-refractivity contribution in [2.45, 2.75) is 50.2 Å². The summed E-state index contributed by atoms with van der Waals surface area (Å²) in [4.78, 5) is 14.3. The normalized spacial score (nSPS) is 29.4. The van der Waals surface area contributed by atoms with Crippen LogP contribution < -0.4 is 5.73 Å². The van der Waals surface area contributed by atoms with E-state index in [1.165, 1.54) is 0 Å². The van der Waals surface area contributed by atoms with Crippen molar-refractivity contribution < 1.29 is 4.79 Å². The van der Waals surface area contributed by atoms with E-state index in [0.29, 0.717) is 12.5 Å². The Kier molecular flexibility index (Phi) is 2.86. The van der Waals surface area contributed by atoms with Gasteiger partial charge in [-0.1, -0.05) is 0 Å². The highest BCUT2D eigenvalue weighted by Gasteiger charge is 2.41. The van der Waals surface area contributed by atoms with E-state index in [9.17, 15) is 4.79 Å². The molecule has 0 spiro atoms. The number of nitrogens with two attached hydrogens (primary N) is 1. The van der Waals surface area contributed by atoms with Crippen molar-refractivity contribution in [2.75, 3.05) is 0 Å². The average Bonchev–Trinajstić information content (AvgIpc) is 3.08. The van der Waals surface area contributed by atoms with E-state index < -0.39 is 0 Å². The quantitative estimate of drug-likeness (QED) is 0.848. The van der Waals surface area contributed by atoms with Gasteiger partial charge in [0.2, 0.25) is 5.91 Å². The van der Waals surface area contributed by atoms with Gasteiger partial charge in [0.25, 0.3) is 0 Å². The minimum atomic E-state index is 0.0150. The van der Waals surface area contributed by atoms with E-state index in [1.54, 1.807) is 4.68 Å². The molecule has 1 saturated carbocycles. The van der Waals surface area contributed by atoms with Crippen molar-refractivity contribution in [1.82, 2.24) is 14.7 Å². The lowest BCUT2D eigenvalue weighted by molar-refractivity contribution is -0.133. The zero-order chi connectivity index (χ0) is 12.7. The Bertz CT molecular complexity index is 452. The van der Waals surface area contributed by atoms with E-state index in [4.69, 9.17) is 5.73 Å². The Morgan fingerprint density at radius 2 is 2.17 bits per heavy atom. The van der Waals surface area contributed by atoms with Gasteiger partial charge in [0.1, 0.15) is 0 Å². The Morgan fingerprint density at radius 3 is 2.78 bits per heavy atom. The SMILES string of the molecule is Cn1cc(C2C(N)CCCC(=O)N2C2CC2)cn1. The molecule has 2 fully saturated rings. The molecule has 5 nitrogen and oxygen atoms in total. The highest BCUT2D eigenvalue weighted by Crippen LogP contribution is 2.38. The minimum Gasteiger partial charge on any atom is -0.331 e. The van der Waals surface area contributed by atoms with Crippen molar-refractivity contribution in [3.63, 3.8) is 0 Å². The van der Waals surface area contributed by atoms with Crippen LogP contribution >= 0.6 is 0 Å². The summed E-state index contributed by atoms with van der Waals surface area (Å²) < 4.78 is 1.78. The van der Waals surface area contributed by atoms with E-state index in [0.717, 1.165) is 31.2 Å². The second-order valence-electron chi connectivity index (χ2n) is 5.48. The molecule has 1 aliphatic carbocycles. The van der Waals surface area contributed by atoms with Crippen LogP contribution in [0.1, 0.15) is 43.7 Å². The van der Waals surface area contributed by atoms with E-state index in [-0.39, 0.29) is 18.0 Å². The molecule has 2 N–H and O–H groups in total. The molecule has 3 rings (SSSR count). The van der Waals surface area contributed by atoms with Crippen molar-refractivity contribution in [2.24, 2.45) is 12.8 Å². The Hall–Kier alpha value is -1.36. The maximum Gasteiger partial charge on any atom is 0.223 e. The van der Waals surface area contributed by atoms with Crippen molar-refractivity contribution in [3.05, 3.63) is 18.0 Å². The van der Waals surface area contributed by atoms with Gasteiger partial charge >= 0.3 is 0 Å². The molecule has 2 unspecified atom stereocenters. The van der Waals surface area contributed by atoms with Gasteiger partial charge in [-0.15, -0.1) is 0 Å². The Labute approximate surface area is 107 Å². The van der Waals surface area contributed by atoms with Crippen LogP contribution in [0.15, 0.2) is 12.4 Å². The van der Waals surface area contributed by atoms with Gasteiger partial charge in [-0.25, -0.2) is 0 Å². The highest BCUT2D eigenvalue weighted by molar-refractivity contribution is 5.78. The molecule has 0 radical (unpaired) electrons. The van der Waals surface area contributed by atoms with Gasteiger partial charge in [0.15, 0.2) is 0 Å². The minimum absolute atomic E-state index is 0.0150. The van der Waals surface area contributed by atoms with Crippen LogP contribution in [-0.2, 0) is 11.8 Å². The molecule has 98 valence electrons. The molecular weight excluding hydrogens is 228 g/mol. The second kappa shape index (κ2) is 4.39. The van der Waals surface area contributed by atoms with Crippen LogP contribution in [0, 0.1) is 0 Å². The first kappa shape index (κ1) is 11.7. The van der Waals surface area contributed by atoms with Crippen LogP contribution in [-0.4, -0.2) is 32.7 Å². The lowest BCUT2D eigenvalue weighted by Gasteiger charge is -2.33. The summed E-state index contributed by atoms with van der Waals surface area (Å²) in [6.45, 7) is 0. The Balaban J connectivity index is 1.96. The van der Waals surface area contributed by atoms with Crippen LogP contribution in [0.2, 0.25) is 0 Å². The molecule has 1 amide bonds. The topological polar surface area (TPSA) is 64.2 Å². The predicted molar refractivity (Wildman–Crippen MR) is 67.6 cm³/mol. The maximum absolute atomic E-state index is 12.3. The molecule has 0 bridgehead atoms. The van der Waals surface area contributed by atoms with Crippen LogP contribution in [0.5, 0.6) is 0 Å². The van der Waals surface area contributed by atoms with E-state index in [2.05, 4.69) is 5.10 Å². The largest absolute Gasteiger partial charge is 0.331 e. The first-order valence-electron chi connectivity index (χ1n) is 6.72. The summed E-state index contributed by atoms with van der Waals surface area (Å²) in [6.07, 6.45) is 8.52. The molecule has 1 aromatic rings. The van der Waals surface area contributed by atoms with Gasteiger partial charge in [0.05, 0.1) is 12.2 Å². The number of likely N-dealkylation sites (tertiary alicyclic amines) is 1. The third-order valence-corrected chi connectivity index (χ3v) is 3.93. The number of hydrogen-bond acceptors (Lipinski definition) is 3. The summed E-state index contributed by atoms with van der Waals surface area (Å²) in [5.41, 5.74) is 7.38. The lowest BCUT2D eigenvalue weighted by Crippen LogP contribution is -2.43. The molecule has 2 heterocycles. The van der Waals surface area contributed by atoms with Crippen molar-refractivity contribution >= 4 is 5.91 Å². The average molecular weight is 248 g/mol. The van der Waals surface area contributed by atoms with Gasteiger partial charge in [-0.3, -0.25) is 9.48 Å². The number of aromatic nitrogens is 2. The molecule has 18 heavy (non-hydrogen) atoms. The molecule has 5 heteroatoms. The van der Waals surface area contributed by atoms with Crippen molar-refractivity contribution in [1.29, 1.82) is 0 Å². The number of nitrogens with zero attached hydrogens (tertiary/aromatic N) is 3. The zero-order valence-corrected chi connectivity index (χ0v) is 10.7. The van der Waals surface area contributed by atoms with Gasteiger partial charge in [-0.2, -0.15) is 5.10 Å². The fourth-order valence-electron chi connectivity index (χ4n) is 2.92. The number of hydrogen-bond donors (Lipinski definition) is 1. The number of aryl methyl sites for hydroxylation is 1. The summed E-state index contributed by atoms with van der Waals surface area (Å²) in [7, 11) is 1.90. The third kappa shape index (κ3) is 2.03. The molecule has 2 atom stereocenters. The molecule has 1 aliphatic heterocycles. The number of carbonyl (C=O) groups excluding carboxylic acids is 1. The summed E-state index contributed by atoms with van der Waals surface area (Å²) in [5, 5.41) is 4.22. The molecule has 1 saturated heterocycles. The molecule has 0 aromatic carbocycles. The van der Waals surface area contributed by atoms with E-state index >= 15 is 0 Å². The lowest BCUT2D eigenvalue weighted by atomic mass is 9.99. The van der Waals surface area contributed by atoms with Crippen LogP contribution in [0.25, 0.3) is 0 Å².